The highest BCUT2D eigenvalue weighted by atomic mass is 16.5. The van der Waals surface area contributed by atoms with E-state index in [1.807, 2.05) is 38.1 Å². The van der Waals surface area contributed by atoms with E-state index in [1.54, 1.807) is 20.1 Å². The number of hydrogen-bond acceptors (Lipinski definition) is 8. The number of rotatable bonds is 8. The molecule has 0 aliphatic carbocycles. The molecule has 1 fully saturated rings. The van der Waals surface area contributed by atoms with Gasteiger partial charge in [0.25, 0.3) is 11.6 Å². The average Bonchev–Trinajstić information content (AvgIpc) is 3.61. The van der Waals surface area contributed by atoms with Gasteiger partial charge in [0.1, 0.15) is 18.1 Å². The number of ether oxygens (including phenoxy) is 3. The number of pyridine rings is 1. The van der Waals surface area contributed by atoms with E-state index >= 15 is 0 Å². The van der Waals surface area contributed by atoms with Crippen molar-refractivity contribution in [2.24, 2.45) is 0 Å². The van der Waals surface area contributed by atoms with E-state index in [1.165, 1.54) is 0 Å². The minimum absolute atomic E-state index is 0.117. The van der Waals surface area contributed by atoms with Crippen LogP contribution in [0.25, 0.3) is 22.4 Å². The van der Waals surface area contributed by atoms with Gasteiger partial charge in [0.05, 0.1) is 35.6 Å². The number of carbonyl (C=O) groups excluding carboxylic acids is 1. The van der Waals surface area contributed by atoms with E-state index in [9.17, 15) is 4.79 Å². The van der Waals surface area contributed by atoms with E-state index in [-0.39, 0.29) is 12.0 Å². The Kier molecular flexibility index (Phi) is 6.65. The Morgan fingerprint density at radius 3 is 2.75 bits per heavy atom. The zero-order chi connectivity index (χ0) is 25.2. The molecule has 9 nitrogen and oxygen atoms in total. The zero-order valence-electron chi connectivity index (χ0n) is 20.8. The Morgan fingerprint density at radius 1 is 1.17 bits per heavy atom. The van der Waals surface area contributed by atoms with Crippen LogP contribution in [0.1, 0.15) is 46.0 Å². The summed E-state index contributed by atoms with van der Waals surface area (Å²) in [6.45, 7) is 7.09. The van der Waals surface area contributed by atoms with Crippen LogP contribution in [0.3, 0.4) is 0 Å². The van der Waals surface area contributed by atoms with Gasteiger partial charge in [-0.05, 0) is 63.4 Å². The molecule has 1 saturated heterocycles. The second-order valence-electron chi connectivity index (χ2n) is 8.94. The highest BCUT2D eigenvalue weighted by Crippen LogP contribution is 2.31. The molecule has 3 aromatic heterocycles. The van der Waals surface area contributed by atoms with Crippen LogP contribution in [0.5, 0.6) is 11.5 Å². The van der Waals surface area contributed by atoms with Gasteiger partial charge in [-0.3, -0.25) is 4.79 Å². The van der Waals surface area contributed by atoms with Crippen LogP contribution in [0, 0.1) is 20.8 Å². The maximum absolute atomic E-state index is 13.3. The van der Waals surface area contributed by atoms with Gasteiger partial charge in [-0.25, -0.2) is 4.98 Å². The molecule has 0 saturated carbocycles. The lowest BCUT2D eigenvalue weighted by Crippen LogP contribution is -2.23. The molecule has 1 atom stereocenters. The van der Waals surface area contributed by atoms with Crippen molar-refractivity contribution in [1.82, 2.24) is 15.5 Å². The van der Waals surface area contributed by atoms with Crippen LogP contribution in [0.15, 0.2) is 39.3 Å². The van der Waals surface area contributed by atoms with Crippen LogP contribution in [0.2, 0.25) is 0 Å². The molecular formula is C27H29N3O6. The molecule has 0 radical (unpaired) electrons. The first-order chi connectivity index (χ1) is 17.4. The first-order valence-corrected chi connectivity index (χ1v) is 12.0. The minimum atomic E-state index is -0.259. The number of benzene rings is 1. The summed E-state index contributed by atoms with van der Waals surface area (Å²) in [5.41, 5.74) is 3.62. The van der Waals surface area contributed by atoms with E-state index < -0.39 is 0 Å². The minimum Gasteiger partial charge on any atom is -0.493 e. The molecule has 5 rings (SSSR count). The van der Waals surface area contributed by atoms with Crippen molar-refractivity contribution in [3.8, 4) is 22.8 Å². The molecule has 1 aromatic carbocycles. The molecule has 1 aliphatic heterocycles. The lowest BCUT2D eigenvalue weighted by Gasteiger charge is -2.15. The van der Waals surface area contributed by atoms with E-state index in [0.29, 0.717) is 52.7 Å². The third-order valence-electron chi connectivity index (χ3n) is 6.31. The van der Waals surface area contributed by atoms with Crippen molar-refractivity contribution in [2.45, 2.75) is 46.3 Å². The van der Waals surface area contributed by atoms with Crippen molar-refractivity contribution < 1.29 is 27.9 Å². The van der Waals surface area contributed by atoms with Gasteiger partial charge >= 0.3 is 0 Å². The van der Waals surface area contributed by atoms with Gasteiger partial charge in [-0.15, -0.1) is 0 Å². The lowest BCUT2D eigenvalue weighted by atomic mass is 10.1. The molecule has 9 heteroatoms. The maximum atomic E-state index is 13.3. The van der Waals surface area contributed by atoms with Crippen LogP contribution in [0.4, 0.5) is 0 Å². The molecule has 1 amide bonds. The van der Waals surface area contributed by atoms with Gasteiger partial charge in [0, 0.05) is 18.7 Å². The Labute approximate surface area is 208 Å². The maximum Gasteiger partial charge on any atom is 0.259 e. The van der Waals surface area contributed by atoms with Crippen molar-refractivity contribution in [3.05, 3.63) is 58.7 Å². The number of amides is 1. The number of hydrogen-bond donors (Lipinski definition) is 1. The van der Waals surface area contributed by atoms with Gasteiger partial charge in [0.2, 0.25) is 0 Å². The second kappa shape index (κ2) is 10.0. The standard InChI is InChI=1S/C27H29N3O6/c1-15-10-20(17(3)35-15)22-12-21(25-16(2)30-36-27(25)29-22)26(31)28-13-18-7-8-23(24(11-18)32-4)34-14-19-6-5-9-33-19/h7-8,10-12,19H,5-6,9,13-14H2,1-4H3,(H,28,31). The summed E-state index contributed by atoms with van der Waals surface area (Å²) in [7, 11) is 1.60. The molecule has 4 heterocycles. The number of nitrogens with zero attached hydrogens (tertiary/aromatic N) is 2. The van der Waals surface area contributed by atoms with Crippen LogP contribution >= 0.6 is 0 Å². The third kappa shape index (κ3) is 4.79. The van der Waals surface area contributed by atoms with Crippen molar-refractivity contribution >= 4 is 17.0 Å². The summed E-state index contributed by atoms with van der Waals surface area (Å²) >= 11 is 0. The fourth-order valence-electron chi connectivity index (χ4n) is 4.47. The summed E-state index contributed by atoms with van der Waals surface area (Å²) in [5, 5.41) is 7.60. The summed E-state index contributed by atoms with van der Waals surface area (Å²) in [4.78, 5) is 17.9. The quantitative estimate of drug-likeness (QED) is 0.371. The Balaban J connectivity index is 1.35. The number of nitrogens with one attached hydrogen (secondary N) is 1. The molecule has 1 N–H and O–H groups in total. The van der Waals surface area contributed by atoms with Crippen LogP contribution in [-0.2, 0) is 11.3 Å². The van der Waals surface area contributed by atoms with Gasteiger partial charge in [-0.2, -0.15) is 0 Å². The fraction of sp³-hybridized carbons (Fsp3) is 0.370. The van der Waals surface area contributed by atoms with Gasteiger partial charge in [0.15, 0.2) is 11.5 Å². The summed E-state index contributed by atoms with van der Waals surface area (Å²) < 4.78 is 28.1. The number of aromatic nitrogens is 2. The van der Waals surface area contributed by atoms with Crippen LogP contribution < -0.4 is 14.8 Å². The summed E-state index contributed by atoms with van der Waals surface area (Å²) in [6, 6.07) is 9.27. The average molecular weight is 492 g/mol. The lowest BCUT2D eigenvalue weighted by molar-refractivity contribution is 0.0669. The Morgan fingerprint density at radius 2 is 2.03 bits per heavy atom. The predicted octanol–water partition coefficient (Wildman–Crippen LogP) is 4.90. The third-order valence-corrected chi connectivity index (χ3v) is 6.31. The summed E-state index contributed by atoms with van der Waals surface area (Å²) in [6.07, 6.45) is 2.18. The summed E-state index contributed by atoms with van der Waals surface area (Å²) in [5.74, 6) is 2.48. The number of furan rings is 1. The predicted molar refractivity (Wildman–Crippen MR) is 132 cm³/mol. The molecule has 0 bridgehead atoms. The normalized spacial score (nSPS) is 15.4. The second-order valence-corrected chi connectivity index (χ2v) is 8.94. The smallest absolute Gasteiger partial charge is 0.259 e. The fourth-order valence-corrected chi connectivity index (χ4v) is 4.47. The Hall–Kier alpha value is -3.85. The van der Waals surface area contributed by atoms with E-state index in [0.717, 1.165) is 42.1 Å². The van der Waals surface area contributed by atoms with Gasteiger partial charge in [-0.1, -0.05) is 11.2 Å². The van der Waals surface area contributed by atoms with E-state index in [2.05, 4.69) is 15.5 Å². The zero-order valence-corrected chi connectivity index (χ0v) is 20.8. The van der Waals surface area contributed by atoms with Crippen molar-refractivity contribution in [2.75, 3.05) is 20.3 Å². The van der Waals surface area contributed by atoms with E-state index in [4.69, 9.17) is 23.2 Å². The highest BCUT2D eigenvalue weighted by Gasteiger charge is 2.21. The number of fused-ring (bicyclic) bond motifs is 1. The number of carbonyl (C=O) groups is 1. The Bertz CT molecular complexity index is 1400. The first-order valence-electron chi connectivity index (χ1n) is 12.0. The first kappa shape index (κ1) is 23.9. The molecule has 36 heavy (non-hydrogen) atoms. The molecule has 188 valence electrons. The molecule has 4 aromatic rings. The topological polar surface area (TPSA) is 109 Å². The highest BCUT2D eigenvalue weighted by molar-refractivity contribution is 6.07. The number of methoxy groups -OCH3 is 1. The van der Waals surface area contributed by atoms with Crippen molar-refractivity contribution in [3.63, 3.8) is 0 Å². The molecule has 0 spiro atoms. The largest absolute Gasteiger partial charge is 0.493 e. The monoisotopic (exact) mass is 491 g/mol. The van der Waals surface area contributed by atoms with Gasteiger partial charge < -0.3 is 28.5 Å². The van der Waals surface area contributed by atoms with Crippen LogP contribution in [-0.4, -0.2) is 42.5 Å². The SMILES string of the molecule is COc1cc(CNC(=O)c2cc(-c3cc(C)oc3C)nc3onc(C)c23)ccc1OCC1CCCO1. The molecule has 1 aliphatic rings. The molecular weight excluding hydrogens is 462 g/mol. The van der Waals surface area contributed by atoms with Crippen molar-refractivity contribution in [1.29, 1.82) is 0 Å². The number of aryl methyl sites for hydroxylation is 3. The molecule has 1 unspecified atom stereocenters.